The van der Waals surface area contributed by atoms with E-state index in [1.165, 1.54) is 0 Å². The largest absolute Gasteiger partial charge is 0.467 e. The summed E-state index contributed by atoms with van der Waals surface area (Å²) in [5.41, 5.74) is 1.64. The van der Waals surface area contributed by atoms with E-state index in [1.54, 1.807) is 6.26 Å². The number of nitrogens with zero attached hydrogens (tertiary/aromatic N) is 1. The molecule has 1 N–H and O–H groups in total. The Bertz CT molecular complexity index is 736. The van der Waals surface area contributed by atoms with Crippen molar-refractivity contribution >= 4 is 16.8 Å². The third-order valence-electron chi connectivity index (χ3n) is 3.92. The molecule has 1 aliphatic rings. The van der Waals surface area contributed by atoms with Crippen LogP contribution in [0.1, 0.15) is 29.1 Å². The summed E-state index contributed by atoms with van der Waals surface area (Å²) in [4.78, 5) is 17.9. The van der Waals surface area contributed by atoms with E-state index in [2.05, 4.69) is 4.98 Å². The summed E-state index contributed by atoms with van der Waals surface area (Å²) in [6.07, 6.45) is 3.80. The summed E-state index contributed by atoms with van der Waals surface area (Å²) in [5.74, 6) is 0.872. The van der Waals surface area contributed by atoms with Gasteiger partial charge in [0, 0.05) is 16.9 Å². The van der Waals surface area contributed by atoms with Crippen LogP contribution in [0.25, 0.3) is 10.9 Å². The van der Waals surface area contributed by atoms with Crippen LogP contribution >= 0.6 is 0 Å². The molecule has 0 unspecified atom stereocenters. The van der Waals surface area contributed by atoms with Crippen LogP contribution in [-0.4, -0.2) is 21.8 Å². The lowest BCUT2D eigenvalue weighted by atomic mass is 10.2. The molecule has 4 nitrogen and oxygen atoms in total. The monoisotopic (exact) mass is 280 g/mol. The summed E-state index contributed by atoms with van der Waals surface area (Å²) < 4.78 is 5.38. The predicted molar refractivity (Wildman–Crippen MR) is 79.9 cm³/mol. The fourth-order valence-electron chi connectivity index (χ4n) is 2.67. The number of nitrogens with one attached hydrogen (secondary N) is 1. The van der Waals surface area contributed by atoms with E-state index >= 15 is 0 Å². The van der Waals surface area contributed by atoms with Gasteiger partial charge in [0.1, 0.15) is 11.5 Å². The van der Waals surface area contributed by atoms with Crippen molar-refractivity contribution in [3.05, 3.63) is 60.2 Å². The summed E-state index contributed by atoms with van der Waals surface area (Å²) in [7, 11) is 0. The second-order valence-corrected chi connectivity index (χ2v) is 5.51. The molecule has 0 spiro atoms. The van der Waals surface area contributed by atoms with Crippen molar-refractivity contribution in [3.8, 4) is 0 Å². The quantitative estimate of drug-likeness (QED) is 0.794. The highest BCUT2D eigenvalue weighted by Crippen LogP contribution is 2.30. The average molecular weight is 280 g/mol. The van der Waals surface area contributed by atoms with Crippen molar-refractivity contribution in [2.45, 2.75) is 25.4 Å². The molecule has 2 heterocycles. The van der Waals surface area contributed by atoms with Gasteiger partial charge in [-0.1, -0.05) is 18.2 Å². The van der Waals surface area contributed by atoms with E-state index in [0.29, 0.717) is 18.3 Å². The van der Waals surface area contributed by atoms with Crippen LogP contribution in [0.5, 0.6) is 0 Å². The van der Waals surface area contributed by atoms with Crippen LogP contribution in [0.4, 0.5) is 0 Å². The molecule has 4 heteroatoms. The Hall–Kier alpha value is -2.49. The number of amides is 1. The van der Waals surface area contributed by atoms with Gasteiger partial charge in [0.05, 0.1) is 12.8 Å². The molecule has 1 fully saturated rings. The van der Waals surface area contributed by atoms with Crippen molar-refractivity contribution < 1.29 is 9.21 Å². The van der Waals surface area contributed by atoms with Crippen LogP contribution < -0.4 is 0 Å². The zero-order chi connectivity index (χ0) is 14.2. The van der Waals surface area contributed by atoms with E-state index in [9.17, 15) is 4.79 Å². The SMILES string of the molecule is O=C(c1cc2ccccc2[nH]1)N(Cc1ccco1)C1CC1. The minimum Gasteiger partial charge on any atom is -0.467 e. The standard InChI is InChI=1S/C17H16N2O2/c20-17(16-10-12-4-1-2-6-15(12)18-16)19(13-7-8-13)11-14-5-3-9-21-14/h1-6,9-10,13,18H,7-8,11H2. The highest BCUT2D eigenvalue weighted by atomic mass is 16.3. The minimum atomic E-state index is 0.0464. The molecule has 3 aromatic rings. The van der Waals surface area contributed by atoms with Gasteiger partial charge >= 0.3 is 0 Å². The van der Waals surface area contributed by atoms with Crippen LogP contribution in [-0.2, 0) is 6.54 Å². The maximum absolute atomic E-state index is 12.8. The maximum atomic E-state index is 12.8. The number of carbonyl (C=O) groups excluding carboxylic acids is 1. The number of rotatable bonds is 4. The van der Waals surface area contributed by atoms with Crippen molar-refractivity contribution in [2.24, 2.45) is 0 Å². The Labute approximate surface area is 122 Å². The Morgan fingerprint density at radius 2 is 2.10 bits per heavy atom. The lowest BCUT2D eigenvalue weighted by molar-refractivity contribution is 0.0712. The molecule has 106 valence electrons. The molecule has 0 atom stereocenters. The molecule has 4 rings (SSSR count). The Morgan fingerprint density at radius 1 is 1.24 bits per heavy atom. The van der Waals surface area contributed by atoms with Crippen LogP contribution in [0.2, 0.25) is 0 Å². The van der Waals surface area contributed by atoms with Gasteiger partial charge in [-0.2, -0.15) is 0 Å². The third kappa shape index (κ3) is 2.33. The number of hydrogen-bond acceptors (Lipinski definition) is 2. The number of benzene rings is 1. The number of aromatic amines is 1. The molecule has 21 heavy (non-hydrogen) atoms. The number of furan rings is 1. The summed E-state index contributed by atoms with van der Waals surface area (Å²) in [5, 5.41) is 1.06. The van der Waals surface area contributed by atoms with E-state index in [0.717, 1.165) is 29.5 Å². The predicted octanol–water partition coefficient (Wildman–Crippen LogP) is 3.57. The molecule has 2 aromatic heterocycles. The van der Waals surface area contributed by atoms with Crippen LogP contribution in [0.15, 0.2) is 53.1 Å². The molecule has 0 bridgehead atoms. The summed E-state index contributed by atoms with van der Waals surface area (Å²) in [6.45, 7) is 0.534. The topological polar surface area (TPSA) is 49.2 Å². The van der Waals surface area contributed by atoms with E-state index in [1.807, 2.05) is 47.4 Å². The van der Waals surface area contributed by atoms with Gasteiger partial charge in [-0.05, 0) is 37.1 Å². The van der Waals surface area contributed by atoms with E-state index in [-0.39, 0.29) is 5.91 Å². The summed E-state index contributed by atoms with van der Waals surface area (Å²) >= 11 is 0. The molecule has 1 aromatic carbocycles. The molecule has 0 saturated heterocycles. The maximum Gasteiger partial charge on any atom is 0.270 e. The van der Waals surface area contributed by atoms with Gasteiger partial charge in [-0.25, -0.2) is 0 Å². The van der Waals surface area contributed by atoms with Gasteiger partial charge in [-0.3, -0.25) is 4.79 Å². The number of aromatic nitrogens is 1. The molecule has 0 aliphatic heterocycles. The highest BCUT2D eigenvalue weighted by Gasteiger charge is 2.34. The van der Waals surface area contributed by atoms with E-state index < -0.39 is 0 Å². The number of hydrogen-bond donors (Lipinski definition) is 1. The van der Waals surface area contributed by atoms with Crippen molar-refractivity contribution in [1.82, 2.24) is 9.88 Å². The molecular formula is C17H16N2O2. The van der Waals surface area contributed by atoms with Crippen molar-refractivity contribution in [1.29, 1.82) is 0 Å². The first-order chi connectivity index (χ1) is 10.3. The number of para-hydroxylation sites is 1. The Balaban J connectivity index is 1.64. The zero-order valence-electron chi connectivity index (χ0n) is 11.6. The van der Waals surface area contributed by atoms with Gasteiger partial charge in [0.15, 0.2) is 0 Å². The second kappa shape index (κ2) is 4.81. The smallest absolute Gasteiger partial charge is 0.270 e. The van der Waals surface area contributed by atoms with Gasteiger partial charge in [0.2, 0.25) is 0 Å². The highest BCUT2D eigenvalue weighted by molar-refractivity contribution is 5.98. The van der Waals surface area contributed by atoms with Crippen LogP contribution in [0.3, 0.4) is 0 Å². The van der Waals surface area contributed by atoms with Gasteiger partial charge < -0.3 is 14.3 Å². The first kappa shape index (κ1) is 12.3. The number of H-pyrrole nitrogens is 1. The number of carbonyl (C=O) groups is 1. The number of fused-ring (bicyclic) bond motifs is 1. The summed E-state index contributed by atoms with van der Waals surface area (Å²) in [6, 6.07) is 14.0. The van der Waals surface area contributed by atoms with E-state index in [4.69, 9.17) is 4.42 Å². The average Bonchev–Trinajstić information content (AvgIpc) is 3.04. The molecule has 1 aliphatic carbocycles. The first-order valence-electron chi connectivity index (χ1n) is 7.22. The minimum absolute atomic E-state index is 0.0464. The fraction of sp³-hybridized carbons (Fsp3) is 0.235. The van der Waals surface area contributed by atoms with Crippen molar-refractivity contribution in [3.63, 3.8) is 0 Å². The third-order valence-corrected chi connectivity index (χ3v) is 3.92. The molecule has 1 saturated carbocycles. The van der Waals surface area contributed by atoms with Crippen molar-refractivity contribution in [2.75, 3.05) is 0 Å². The fourth-order valence-corrected chi connectivity index (χ4v) is 2.67. The van der Waals surface area contributed by atoms with Gasteiger partial charge in [0.25, 0.3) is 5.91 Å². The molecule has 0 radical (unpaired) electrons. The normalized spacial score (nSPS) is 14.5. The Kier molecular flexibility index (Phi) is 2.81. The van der Waals surface area contributed by atoms with Gasteiger partial charge in [-0.15, -0.1) is 0 Å². The Morgan fingerprint density at radius 3 is 2.81 bits per heavy atom. The van der Waals surface area contributed by atoms with Crippen LogP contribution in [0, 0.1) is 0 Å². The zero-order valence-corrected chi connectivity index (χ0v) is 11.6. The lowest BCUT2D eigenvalue weighted by Gasteiger charge is -2.20. The lowest BCUT2D eigenvalue weighted by Crippen LogP contribution is -2.32. The molecule has 1 amide bonds. The second-order valence-electron chi connectivity index (χ2n) is 5.51. The first-order valence-corrected chi connectivity index (χ1v) is 7.22. The molecular weight excluding hydrogens is 264 g/mol.